The molecule has 25 heavy (non-hydrogen) atoms. The van der Waals surface area contributed by atoms with E-state index in [1.165, 1.54) is 6.07 Å². The summed E-state index contributed by atoms with van der Waals surface area (Å²) in [6, 6.07) is 4.71. The van der Waals surface area contributed by atoms with Gasteiger partial charge in [0.05, 0.1) is 21.5 Å². The molecule has 1 rings (SSSR count). The number of allylic oxidation sites excluding steroid dienone is 2. The highest BCUT2D eigenvalue weighted by molar-refractivity contribution is 14.1. The van der Waals surface area contributed by atoms with Crippen LogP contribution in [-0.2, 0) is 25.5 Å². The Labute approximate surface area is 158 Å². The van der Waals surface area contributed by atoms with Gasteiger partial charge in [-0.3, -0.25) is 19.7 Å². The summed E-state index contributed by atoms with van der Waals surface area (Å²) in [6.07, 6.45) is 3.34. The zero-order valence-corrected chi connectivity index (χ0v) is 15.8. The van der Waals surface area contributed by atoms with E-state index in [2.05, 4.69) is 0 Å². The standard InChI is InChI=1S/C17H18INO6/c1-2-13(11-21)14(5-7-20)10-17(22)25-8-6-12-3-4-16(19(23)24)15(18)9-12/h2-4,7,9,11,14H,5-6,8,10H2,1H3/b13-2+. The highest BCUT2D eigenvalue weighted by atomic mass is 127. The van der Waals surface area contributed by atoms with Gasteiger partial charge in [-0.25, -0.2) is 0 Å². The minimum atomic E-state index is -0.496. The van der Waals surface area contributed by atoms with Crippen molar-refractivity contribution in [1.82, 2.24) is 0 Å². The number of hydrogen-bond acceptors (Lipinski definition) is 6. The third-order valence-corrected chi connectivity index (χ3v) is 4.46. The first-order chi connectivity index (χ1) is 11.9. The molecule has 0 saturated heterocycles. The molecule has 0 aliphatic carbocycles. The number of nitrogens with zero attached hydrogens (tertiary/aromatic N) is 1. The second-order valence-electron chi connectivity index (χ2n) is 5.22. The Morgan fingerprint density at radius 1 is 1.40 bits per heavy atom. The average molecular weight is 459 g/mol. The van der Waals surface area contributed by atoms with E-state index in [1.807, 2.05) is 22.6 Å². The van der Waals surface area contributed by atoms with Crippen molar-refractivity contribution in [2.24, 2.45) is 5.92 Å². The van der Waals surface area contributed by atoms with Gasteiger partial charge in [-0.1, -0.05) is 12.1 Å². The van der Waals surface area contributed by atoms with E-state index in [-0.39, 0.29) is 25.1 Å². The second kappa shape index (κ2) is 10.7. The summed E-state index contributed by atoms with van der Waals surface area (Å²) in [4.78, 5) is 43.9. The number of halogens is 1. The Kier molecular flexibility index (Phi) is 8.96. The smallest absolute Gasteiger partial charge is 0.306 e. The van der Waals surface area contributed by atoms with Crippen LogP contribution < -0.4 is 0 Å². The first-order valence-corrected chi connectivity index (χ1v) is 8.64. The van der Waals surface area contributed by atoms with Gasteiger partial charge in [-0.2, -0.15) is 0 Å². The van der Waals surface area contributed by atoms with Crippen LogP contribution in [0.4, 0.5) is 5.69 Å². The van der Waals surface area contributed by atoms with Crippen molar-refractivity contribution >= 4 is 46.8 Å². The molecule has 0 aliphatic heterocycles. The Morgan fingerprint density at radius 2 is 2.12 bits per heavy atom. The van der Waals surface area contributed by atoms with E-state index in [1.54, 1.807) is 25.1 Å². The van der Waals surface area contributed by atoms with Gasteiger partial charge in [0.15, 0.2) is 0 Å². The Morgan fingerprint density at radius 3 is 2.64 bits per heavy atom. The lowest BCUT2D eigenvalue weighted by molar-refractivity contribution is -0.385. The molecule has 0 aromatic heterocycles. The number of carbonyl (C=O) groups excluding carboxylic acids is 3. The molecule has 7 nitrogen and oxygen atoms in total. The van der Waals surface area contributed by atoms with Crippen molar-refractivity contribution in [2.45, 2.75) is 26.2 Å². The number of aldehydes is 2. The number of rotatable bonds is 10. The molecule has 0 spiro atoms. The number of esters is 1. The molecular weight excluding hydrogens is 441 g/mol. The minimum absolute atomic E-state index is 0.0331. The van der Waals surface area contributed by atoms with Crippen LogP contribution in [0.15, 0.2) is 29.8 Å². The van der Waals surface area contributed by atoms with E-state index >= 15 is 0 Å². The summed E-state index contributed by atoms with van der Waals surface area (Å²) >= 11 is 1.89. The summed E-state index contributed by atoms with van der Waals surface area (Å²) in [6.45, 7) is 1.79. The predicted octanol–water partition coefficient (Wildman–Crippen LogP) is 3.03. The fraction of sp³-hybridized carbons (Fsp3) is 0.353. The fourth-order valence-corrected chi connectivity index (χ4v) is 3.03. The van der Waals surface area contributed by atoms with Crippen LogP contribution in [0.2, 0.25) is 0 Å². The fourth-order valence-electron chi connectivity index (χ4n) is 2.25. The van der Waals surface area contributed by atoms with Gasteiger partial charge in [0.25, 0.3) is 5.69 Å². The van der Waals surface area contributed by atoms with Crippen molar-refractivity contribution < 1.29 is 24.0 Å². The van der Waals surface area contributed by atoms with Gasteiger partial charge < -0.3 is 9.53 Å². The molecule has 8 heteroatoms. The van der Waals surface area contributed by atoms with Crippen LogP contribution in [0.1, 0.15) is 25.3 Å². The van der Waals surface area contributed by atoms with Gasteiger partial charge in [0.2, 0.25) is 0 Å². The molecule has 1 unspecified atom stereocenters. The average Bonchev–Trinajstić information content (AvgIpc) is 2.55. The zero-order valence-electron chi connectivity index (χ0n) is 13.6. The number of ether oxygens (including phenoxy) is 1. The normalized spacial score (nSPS) is 12.3. The van der Waals surface area contributed by atoms with Crippen LogP contribution in [0, 0.1) is 19.6 Å². The van der Waals surface area contributed by atoms with Gasteiger partial charge in [-0.15, -0.1) is 0 Å². The first kappa shape index (κ1) is 20.9. The van der Waals surface area contributed by atoms with Gasteiger partial charge in [0.1, 0.15) is 12.6 Å². The molecule has 0 saturated carbocycles. The molecule has 0 heterocycles. The Bertz CT molecular complexity index is 686. The van der Waals surface area contributed by atoms with Crippen LogP contribution in [0.5, 0.6) is 0 Å². The van der Waals surface area contributed by atoms with Crippen LogP contribution in [-0.4, -0.2) is 30.1 Å². The quantitative estimate of drug-likeness (QED) is 0.133. The van der Waals surface area contributed by atoms with E-state index in [0.29, 0.717) is 28.1 Å². The zero-order chi connectivity index (χ0) is 18.8. The molecule has 0 bridgehead atoms. The van der Waals surface area contributed by atoms with Gasteiger partial charge in [-0.05, 0) is 46.7 Å². The highest BCUT2D eigenvalue weighted by Gasteiger charge is 2.18. The number of carbonyl (C=O) groups is 3. The molecule has 134 valence electrons. The maximum Gasteiger partial charge on any atom is 0.306 e. The van der Waals surface area contributed by atoms with Crippen molar-refractivity contribution in [3.8, 4) is 0 Å². The summed E-state index contributed by atoms with van der Waals surface area (Å²) in [5.74, 6) is -0.975. The summed E-state index contributed by atoms with van der Waals surface area (Å²) in [5.41, 5.74) is 1.24. The lowest BCUT2D eigenvalue weighted by Crippen LogP contribution is -2.16. The van der Waals surface area contributed by atoms with Crippen molar-refractivity contribution in [3.63, 3.8) is 0 Å². The van der Waals surface area contributed by atoms with Crippen LogP contribution in [0.3, 0.4) is 0 Å². The van der Waals surface area contributed by atoms with Crippen molar-refractivity contribution in [2.75, 3.05) is 6.61 Å². The second-order valence-corrected chi connectivity index (χ2v) is 6.39. The highest BCUT2D eigenvalue weighted by Crippen LogP contribution is 2.22. The van der Waals surface area contributed by atoms with Gasteiger partial charge >= 0.3 is 5.97 Å². The minimum Gasteiger partial charge on any atom is -0.465 e. The summed E-state index contributed by atoms with van der Waals surface area (Å²) in [7, 11) is 0. The molecule has 0 fully saturated rings. The molecule has 1 aromatic carbocycles. The topological polar surface area (TPSA) is 104 Å². The van der Waals surface area contributed by atoms with Crippen molar-refractivity contribution in [1.29, 1.82) is 0 Å². The molecule has 0 radical (unpaired) electrons. The third kappa shape index (κ3) is 6.73. The Hall–Kier alpha value is -2.10. The maximum atomic E-state index is 11.9. The van der Waals surface area contributed by atoms with E-state index in [9.17, 15) is 24.5 Å². The number of nitro groups is 1. The lowest BCUT2D eigenvalue weighted by atomic mass is 9.93. The maximum absolute atomic E-state index is 11.9. The molecule has 1 aromatic rings. The monoisotopic (exact) mass is 459 g/mol. The molecule has 0 N–H and O–H groups in total. The largest absolute Gasteiger partial charge is 0.465 e. The summed E-state index contributed by atoms with van der Waals surface area (Å²) in [5, 5.41) is 10.8. The molecule has 0 amide bonds. The molecule has 0 aliphatic rings. The SMILES string of the molecule is C/C=C(\C=O)C(CC=O)CC(=O)OCCc1ccc([N+](=O)[O-])c(I)c1. The number of hydrogen-bond donors (Lipinski definition) is 0. The summed E-state index contributed by atoms with van der Waals surface area (Å²) < 4.78 is 5.66. The van der Waals surface area contributed by atoms with Crippen molar-refractivity contribution in [3.05, 3.63) is 49.1 Å². The van der Waals surface area contributed by atoms with Crippen LogP contribution >= 0.6 is 22.6 Å². The number of benzene rings is 1. The predicted molar refractivity (Wildman–Crippen MR) is 99.1 cm³/mol. The van der Waals surface area contributed by atoms with Crippen LogP contribution in [0.25, 0.3) is 0 Å². The Balaban J connectivity index is 2.56. The first-order valence-electron chi connectivity index (χ1n) is 7.56. The molecule has 1 atom stereocenters. The van der Waals surface area contributed by atoms with E-state index in [0.717, 1.165) is 5.56 Å². The van der Waals surface area contributed by atoms with E-state index in [4.69, 9.17) is 4.74 Å². The molecular formula is C17H18INO6. The van der Waals surface area contributed by atoms with Gasteiger partial charge in [0, 0.05) is 24.8 Å². The third-order valence-electron chi connectivity index (χ3n) is 3.60. The lowest BCUT2D eigenvalue weighted by Gasteiger charge is -2.13. The van der Waals surface area contributed by atoms with E-state index < -0.39 is 16.8 Å². The number of nitro benzene ring substituents is 1.